The number of nitrogens with zero attached hydrogens (tertiary/aromatic N) is 3. The van der Waals surface area contributed by atoms with Crippen LogP contribution in [0.2, 0.25) is 0 Å². The predicted molar refractivity (Wildman–Crippen MR) is 141 cm³/mol. The van der Waals surface area contributed by atoms with Crippen molar-refractivity contribution in [1.82, 2.24) is 10.4 Å². The fourth-order valence-electron chi connectivity index (χ4n) is 3.06. The van der Waals surface area contributed by atoms with Crippen molar-refractivity contribution < 1.29 is 9.59 Å². The summed E-state index contributed by atoms with van der Waals surface area (Å²) in [4.78, 5) is 30.7. The second-order valence-electron chi connectivity index (χ2n) is 7.38. The zero-order valence-corrected chi connectivity index (χ0v) is 21.0. The molecular weight excluding hydrogens is 493 g/mol. The summed E-state index contributed by atoms with van der Waals surface area (Å²) in [5.41, 5.74) is 7.08. The Morgan fingerprint density at radius 2 is 1.71 bits per heavy atom. The molecule has 0 aliphatic rings. The highest BCUT2D eigenvalue weighted by atomic mass is 35.5. The van der Waals surface area contributed by atoms with E-state index in [2.05, 4.69) is 25.7 Å². The number of anilines is 2. The van der Waals surface area contributed by atoms with Crippen LogP contribution < -0.4 is 15.6 Å². The number of carbonyl (C=O) groups is 2. The van der Waals surface area contributed by atoms with Crippen molar-refractivity contribution in [1.29, 1.82) is 0 Å². The highest BCUT2D eigenvalue weighted by Crippen LogP contribution is 2.25. The minimum atomic E-state index is -0.518. The number of hydrogen-bond acceptors (Lipinski definition) is 6. The number of benzene rings is 2. The van der Waals surface area contributed by atoms with E-state index >= 15 is 0 Å². The van der Waals surface area contributed by atoms with E-state index in [4.69, 9.17) is 23.2 Å². The third-order valence-electron chi connectivity index (χ3n) is 4.79. The van der Waals surface area contributed by atoms with Gasteiger partial charge in [-0.1, -0.05) is 42.0 Å². The monoisotopic (exact) mass is 517 g/mol. The van der Waals surface area contributed by atoms with Gasteiger partial charge in [-0.2, -0.15) is 5.10 Å². The lowest BCUT2D eigenvalue weighted by molar-refractivity contribution is -0.126. The highest BCUT2D eigenvalue weighted by Gasteiger charge is 2.12. The summed E-state index contributed by atoms with van der Waals surface area (Å²) in [5.74, 6) is 0.0448. The second-order valence-corrected chi connectivity index (χ2v) is 8.99. The Kier molecular flexibility index (Phi) is 9.88. The summed E-state index contributed by atoms with van der Waals surface area (Å²) < 4.78 is 0. The SMILES string of the molecule is Cc1ccc(-c2csc(NC(=O)CC(=O)N/N=C/c3ccc(N(CCCl)CCCl)cc3)n2)cc1. The fourth-order valence-corrected chi connectivity index (χ4v) is 4.20. The van der Waals surface area contributed by atoms with Crippen molar-refractivity contribution in [2.45, 2.75) is 13.3 Å². The highest BCUT2D eigenvalue weighted by molar-refractivity contribution is 7.14. The van der Waals surface area contributed by atoms with E-state index in [1.165, 1.54) is 17.6 Å². The zero-order chi connectivity index (χ0) is 24.3. The summed E-state index contributed by atoms with van der Waals surface area (Å²) in [6.45, 7) is 3.42. The summed E-state index contributed by atoms with van der Waals surface area (Å²) >= 11 is 13.0. The van der Waals surface area contributed by atoms with Crippen molar-refractivity contribution in [3.8, 4) is 11.3 Å². The van der Waals surface area contributed by atoms with E-state index in [-0.39, 0.29) is 6.42 Å². The van der Waals surface area contributed by atoms with Crippen LogP contribution in [0, 0.1) is 6.92 Å². The van der Waals surface area contributed by atoms with Crippen LogP contribution in [0.3, 0.4) is 0 Å². The first-order valence-corrected chi connectivity index (χ1v) is 12.5. The molecule has 0 saturated heterocycles. The largest absolute Gasteiger partial charge is 0.369 e. The maximum atomic E-state index is 12.2. The fraction of sp³-hybridized carbons (Fsp3) is 0.250. The molecule has 3 aromatic rings. The molecule has 178 valence electrons. The van der Waals surface area contributed by atoms with Gasteiger partial charge in [-0.05, 0) is 24.6 Å². The molecule has 3 rings (SSSR count). The van der Waals surface area contributed by atoms with Gasteiger partial charge in [0.1, 0.15) is 6.42 Å². The quantitative estimate of drug-likeness (QED) is 0.164. The number of aromatic nitrogens is 1. The van der Waals surface area contributed by atoms with Gasteiger partial charge >= 0.3 is 0 Å². The van der Waals surface area contributed by atoms with Crippen LogP contribution in [0.15, 0.2) is 59.0 Å². The average Bonchev–Trinajstić information content (AvgIpc) is 3.28. The lowest BCUT2D eigenvalue weighted by Gasteiger charge is -2.22. The van der Waals surface area contributed by atoms with Crippen LogP contribution in [-0.4, -0.2) is 47.9 Å². The van der Waals surface area contributed by atoms with E-state index in [0.717, 1.165) is 28.1 Å². The average molecular weight is 518 g/mol. The number of carbonyl (C=O) groups excluding carboxylic acids is 2. The third kappa shape index (κ3) is 7.83. The smallest absolute Gasteiger partial charge is 0.249 e. The topological polar surface area (TPSA) is 86.7 Å². The van der Waals surface area contributed by atoms with E-state index in [9.17, 15) is 9.59 Å². The number of amides is 2. The van der Waals surface area contributed by atoms with Crippen LogP contribution in [0.4, 0.5) is 10.8 Å². The predicted octanol–water partition coefficient (Wildman–Crippen LogP) is 4.88. The van der Waals surface area contributed by atoms with Crippen molar-refractivity contribution in [2.75, 3.05) is 35.1 Å². The molecule has 0 atom stereocenters. The van der Waals surface area contributed by atoms with Crippen LogP contribution in [0.25, 0.3) is 11.3 Å². The second kappa shape index (κ2) is 13.1. The lowest BCUT2D eigenvalue weighted by Crippen LogP contribution is -2.27. The van der Waals surface area contributed by atoms with Gasteiger partial charge in [0.15, 0.2) is 5.13 Å². The number of thiazole rings is 1. The Hall–Kier alpha value is -2.94. The molecular formula is C24H25Cl2N5O2S. The number of hydrogen-bond donors (Lipinski definition) is 2. The number of halogens is 2. The van der Waals surface area contributed by atoms with Crippen LogP contribution in [0.5, 0.6) is 0 Å². The number of nitrogens with one attached hydrogen (secondary N) is 2. The maximum Gasteiger partial charge on any atom is 0.249 e. The Morgan fingerprint density at radius 3 is 2.35 bits per heavy atom. The first-order valence-electron chi connectivity index (χ1n) is 10.6. The Labute approximate surface area is 212 Å². The van der Waals surface area contributed by atoms with E-state index in [1.54, 1.807) is 0 Å². The van der Waals surface area contributed by atoms with Crippen LogP contribution >= 0.6 is 34.5 Å². The molecule has 0 spiro atoms. The Bertz CT molecular complexity index is 1110. The maximum absolute atomic E-state index is 12.2. The molecule has 2 amide bonds. The minimum Gasteiger partial charge on any atom is -0.369 e. The molecule has 0 fully saturated rings. The molecule has 34 heavy (non-hydrogen) atoms. The molecule has 0 saturated carbocycles. The summed E-state index contributed by atoms with van der Waals surface area (Å²) in [5, 5.41) is 8.88. The Balaban J connectivity index is 1.46. The molecule has 1 aromatic heterocycles. The number of aryl methyl sites for hydroxylation is 1. The van der Waals surface area contributed by atoms with Crippen molar-refractivity contribution in [3.63, 3.8) is 0 Å². The third-order valence-corrected chi connectivity index (χ3v) is 5.88. The molecule has 0 aliphatic carbocycles. The zero-order valence-electron chi connectivity index (χ0n) is 18.6. The van der Waals surface area contributed by atoms with Gasteiger partial charge in [-0.15, -0.1) is 34.5 Å². The molecule has 2 aromatic carbocycles. The van der Waals surface area contributed by atoms with Gasteiger partial charge in [-0.3, -0.25) is 9.59 Å². The molecule has 2 N–H and O–H groups in total. The first kappa shape index (κ1) is 25.7. The molecule has 0 aliphatic heterocycles. The molecule has 0 unspecified atom stereocenters. The normalized spacial score (nSPS) is 10.9. The van der Waals surface area contributed by atoms with Gasteiger partial charge in [0, 0.05) is 41.5 Å². The van der Waals surface area contributed by atoms with Gasteiger partial charge in [0.25, 0.3) is 0 Å². The number of hydrazone groups is 1. The van der Waals surface area contributed by atoms with Gasteiger partial charge < -0.3 is 10.2 Å². The van der Waals surface area contributed by atoms with Gasteiger partial charge in [0.2, 0.25) is 11.8 Å². The molecule has 0 radical (unpaired) electrons. The van der Waals surface area contributed by atoms with Crippen molar-refractivity contribution in [3.05, 3.63) is 65.0 Å². The number of alkyl halides is 2. The standard InChI is InChI=1S/C24H25Cl2N5O2S/c1-17-2-6-19(7-3-17)21-16-34-24(28-21)29-22(32)14-23(33)30-27-15-18-4-8-20(9-5-18)31(12-10-25)13-11-26/h2-9,15-16H,10-14H2,1H3,(H,30,33)(H,28,29,32)/b27-15+. The molecule has 1 heterocycles. The summed E-state index contributed by atoms with van der Waals surface area (Å²) in [6.07, 6.45) is 1.16. The summed E-state index contributed by atoms with van der Waals surface area (Å²) in [7, 11) is 0. The number of rotatable bonds is 11. The van der Waals surface area contributed by atoms with E-state index in [0.29, 0.717) is 30.0 Å². The lowest BCUT2D eigenvalue weighted by atomic mass is 10.1. The van der Waals surface area contributed by atoms with E-state index in [1.807, 2.05) is 60.8 Å². The van der Waals surface area contributed by atoms with Crippen LogP contribution in [0.1, 0.15) is 17.5 Å². The molecule has 0 bridgehead atoms. The molecule has 10 heteroatoms. The van der Waals surface area contributed by atoms with Gasteiger partial charge in [0.05, 0.1) is 11.9 Å². The van der Waals surface area contributed by atoms with Crippen LogP contribution in [-0.2, 0) is 9.59 Å². The summed E-state index contributed by atoms with van der Waals surface area (Å²) in [6, 6.07) is 15.6. The Morgan fingerprint density at radius 1 is 1.03 bits per heavy atom. The van der Waals surface area contributed by atoms with Gasteiger partial charge in [-0.25, -0.2) is 10.4 Å². The first-order chi connectivity index (χ1) is 16.5. The minimum absolute atomic E-state index is 0.360. The van der Waals surface area contributed by atoms with Crippen molar-refractivity contribution in [2.24, 2.45) is 5.10 Å². The van der Waals surface area contributed by atoms with Crippen molar-refractivity contribution >= 4 is 63.4 Å². The molecule has 7 nitrogen and oxygen atoms in total. The van der Waals surface area contributed by atoms with E-state index < -0.39 is 11.8 Å².